The highest BCUT2D eigenvalue weighted by molar-refractivity contribution is 5.69. The molecule has 23 heavy (non-hydrogen) atoms. The van der Waals surface area contributed by atoms with E-state index in [1.165, 1.54) is 4.90 Å². The first-order chi connectivity index (χ1) is 10.7. The second-order valence-electron chi connectivity index (χ2n) is 6.78. The molecule has 1 aromatic carbocycles. The molecule has 1 fully saturated rings. The Morgan fingerprint density at radius 1 is 1.30 bits per heavy atom. The molecule has 0 aromatic heterocycles. The maximum Gasteiger partial charge on any atom is 0.410 e. The molecule has 1 heterocycles. The van der Waals surface area contributed by atoms with Crippen LogP contribution in [0.3, 0.4) is 0 Å². The number of nitrogens with zero attached hydrogens (tertiary/aromatic N) is 2. The number of nitro groups is 1. The van der Waals surface area contributed by atoms with Gasteiger partial charge in [0.15, 0.2) is 5.60 Å². The minimum absolute atomic E-state index is 0.162. The van der Waals surface area contributed by atoms with Crippen molar-refractivity contribution in [1.82, 2.24) is 4.90 Å². The quantitative estimate of drug-likeness (QED) is 0.614. The molecule has 0 saturated carbocycles. The summed E-state index contributed by atoms with van der Waals surface area (Å²) in [7, 11) is 0. The van der Waals surface area contributed by atoms with Crippen LogP contribution >= 0.6 is 0 Å². The molecule has 0 bridgehead atoms. The summed E-state index contributed by atoms with van der Waals surface area (Å²) in [6.45, 7) is 5.60. The van der Waals surface area contributed by atoms with Crippen LogP contribution < -0.4 is 0 Å². The molecule has 7 nitrogen and oxygen atoms in total. The second kappa shape index (κ2) is 6.54. The van der Waals surface area contributed by atoms with Gasteiger partial charge in [-0.15, -0.1) is 0 Å². The average Bonchev–Trinajstić information content (AvgIpc) is 2.39. The van der Waals surface area contributed by atoms with Gasteiger partial charge in [0, 0.05) is 4.92 Å². The third-order valence-corrected chi connectivity index (χ3v) is 3.41. The average molecular weight is 322 g/mol. The predicted octanol–water partition coefficient (Wildman–Crippen LogP) is 2.47. The van der Waals surface area contributed by atoms with Gasteiger partial charge in [-0.3, -0.25) is 10.1 Å². The molecule has 0 N–H and O–H groups in total. The summed E-state index contributed by atoms with van der Waals surface area (Å²) in [4.78, 5) is 23.9. The Kier molecular flexibility index (Phi) is 4.89. The molecule has 1 aliphatic rings. The zero-order valence-corrected chi connectivity index (χ0v) is 13.7. The van der Waals surface area contributed by atoms with E-state index in [-0.39, 0.29) is 26.2 Å². The first-order valence-electron chi connectivity index (χ1n) is 7.47. The molecule has 0 unspecified atom stereocenters. The van der Waals surface area contributed by atoms with Gasteiger partial charge in [0.25, 0.3) is 0 Å². The van der Waals surface area contributed by atoms with Crippen molar-refractivity contribution in [3.05, 3.63) is 46.0 Å². The van der Waals surface area contributed by atoms with Crippen molar-refractivity contribution in [3.63, 3.8) is 0 Å². The van der Waals surface area contributed by atoms with Crippen LogP contribution in [-0.2, 0) is 16.1 Å². The van der Waals surface area contributed by atoms with Crippen LogP contribution in [0.4, 0.5) is 4.79 Å². The zero-order valence-electron chi connectivity index (χ0n) is 13.7. The highest BCUT2D eigenvalue weighted by atomic mass is 16.6. The maximum atomic E-state index is 12.0. The third-order valence-electron chi connectivity index (χ3n) is 3.41. The van der Waals surface area contributed by atoms with Crippen LogP contribution in [0.1, 0.15) is 26.3 Å². The molecule has 126 valence electrons. The van der Waals surface area contributed by atoms with Gasteiger partial charge in [-0.25, -0.2) is 4.79 Å². The number of hydrogen-bond acceptors (Lipinski definition) is 5. The Bertz CT molecular complexity index is 562. The molecule has 0 spiro atoms. The normalized spacial score (nSPS) is 16.6. The number of carbonyl (C=O) groups is 1. The fourth-order valence-electron chi connectivity index (χ4n) is 2.39. The molecule has 2 rings (SSSR count). The van der Waals surface area contributed by atoms with Gasteiger partial charge in [-0.05, 0) is 26.3 Å². The van der Waals surface area contributed by atoms with Crippen molar-refractivity contribution in [2.24, 2.45) is 0 Å². The summed E-state index contributed by atoms with van der Waals surface area (Å²) in [5, 5.41) is 10.9. The Morgan fingerprint density at radius 2 is 1.91 bits per heavy atom. The van der Waals surface area contributed by atoms with Crippen LogP contribution in [0.15, 0.2) is 30.3 Å². The number of ether oxygens (including phenoxy) is 2. The van der Waals surface area contributed by atoms with E-state index in [9.17, 15) is 14.9 Å². The summed E-state index contributed by atoms with van der Waals surface area (Å²) >= 11 is 0. The summed E-state index contributed by atoms with van der Waals surface area (Å²) in [5.74, 6) is 0. The Balaban J connectivity index is 1.94. The lowest BCUT2D eigenvalue weighted by molar-refractivity contribution is -0.508. The topological polar surface area (TPSA) is 81.9 Å². The summed E-state index contributed by atoms with van der Waals surface area (Å²) in [6.07, 6.45) is -0.472. The van der Waals surface area contributed by atoms with Gasteiger partial charge >= 0.3 is 6.09 Å². The van der Waals surface area contributed by atoms with Crippen LogP contribution in [-0.4, -0.2) is 46.8 Å². The van der Waals surface area contributed by atoms with E-state index in [1.54, 1.807) is 20.8 Å². The first kappa shape index (κ1) is 17.2. The van der Waals surface area contributed by atoms with E-state index < -0.39 is 22.2 Å². The molecule has 7 heteroatoms. The van der Waals surface area contributed by atoms with Gasteiger partial charge in [0.1, 0.15) is 5.60 Å². The van der Waals surface area contributed by atoms with Gasteiger partial charge < -0.3 is 14.4 Å². The lowest BCUT2D eigenvalue weighted by Gasteiger charge is -2.46. The summed E-state index contributed by atoms with van der Waals surface area (Å²) in [6, 6.07) is 9.44. The predicted molar refractivity (Wildman–Crippen MR) is 83.6 cm³/mol. The van der Waals surface area contributed by atoms with E-state index in [0.717, 1.165) is 5.56 Å². The zero-order chi connectivity index (χ0) is 17.1. The third kappa shape index (κ3) is 4.92. The fraction of sp³-hybridized carbons (Fsp3) is 0.562. The Morgan fingerprint density at radius 3 is 2.43 bits per heavy atom. The minimum Gasteiger partial charge on any atom is -0.444 e. The lowest BCUT2D eigenvalue weighted by atomic mass is 9.94. The fourth-order valence-corrected chi connectivity index (χ4v) is 2.39. The van der Waals surface area contributed by atoms with E-state index in [1.807, 2.05) is 30.3 Å². The van der Waals surface area contributed by atoms with E-state index in [2.05, 4.69) is 0 Å². The number of rotatable bonds is 5. The lowest BCUT2D eigenvalue weighted by Crippen LogP contribution is -2.68. The molecule has 0 radical (unpaired) electrons. The molecular formula is C16H22N2O5. The van der Waals surface area contributed by atoms with Crippen molar-refractivity contribution >= 4 is 6.09 Å². The molecular weight excluding hydrogens is 300 g/mol. The number of benzene rings is 1. The summed E-state index contributed by atoms with van der Waals surface area (Å²) in [5.41, 5.74) is -0.606. The van der Waals surface area contributed by atoms with Crippen molar-refractivity contribution in [2.75, 3.05) is 19.6 Å². The van der Waals surface area contributed by atoms with Gasteiger partial charge in [0.2, 0.25) is 6.54 Å². The molecule has 0 atom stereocenters. The number of carbonyl (C=O) groups excluding carboxylic acids is 1. The molecule has 0 aliphatic carbocycles. The highest BCUT2D eigenvalue weighted by Gasteiger charge is 2.51. The minimum atomic E-state index is -0.948. The first-order valence-corrected chi connectivity index (χ1v) is 7.47. The van der Waals surface area contributed by atoms with Gasteiger partial charge in [-0.2, -0.15) is 0 Å². The smallest absolute Gasteiger partial charge is 0.410 e. The largest absolute Gasteiger partial charge is 0.444 e. The SMILES string of the molecule is CC(C)(C)OC(=O)N1CC(C[N+](=O)[O-])(OCc2ccccc2)C1. The maximum absolute atomic E-state index is 12.0. The summed E-state index contributed by atoms with van der Waals surface area (Å²) < 4.78 is 11.0. The van der Waals surface area contributed by atoms with Crippen LogP contribution in [0.5, 0.6) is 0 Å². The highest BCUT2D eigenvalue weighted by Crippen LogP contribution is 2.28. The van der Waals surface area contributed by atoms with Crippen molar-refractivity contribution < 1.29 is 19.2 Å². The molecule has 1 aliphatic heterocycles. The van der Waals surface area contributed by atoms with Crippen LogP contribution in [0.2, 0.25) is 0 Å². The van der Waals surface area contributed by atoms with Crippen LogP contribution in [0, 0.1) is 10.1 Å². The van der Waals surface area contributed by atoms with Crippen molar-refractivity contribution in [3.8, 4) is 0 Å². The molecule has 1 amide bonds. The number of likely N-dealkylation sites (tertiary alicyclic amines) is 1. The Labute approximate surface area is 135 Å². The second-order valence-corrected chi connectivity index (χ2v) is 6.78. The van der Waals surface area contributed by atoms with E-state index in [0.29, 0.717) is 0 Å². The monoisotopic (exact) mass is 322 g/mol. The molecule has 1 saturated heterocycles. The van der Waals surface area contributed by atoms with Crippen LogP contribution in [0.25, 0.3) is 0 Å². The Hall–Kier alpha value is -2.15. The van der Waals surface area contributed by atoms with Crippen molar-refractivity contribution in [2.45, 2.75) is 38.6 Å². The number of amides is 1. The number of hydrogen-bond donors (Lipinski definition) is 0. The van der Waals surface area contributed by atoms with Gasteiger partial charge in [-0.1, -0.05) is 30.3 Å². The standard InChI is InChI=1S/C16H22N2O5/c1-15(2,3)23-14(19)17-10-16(11-17,12-18(20)21)22-9-13-7-5-4-6-8-13/h4-8H,9-12H2,1-3H3. The van der Waals surface area contributed by atoms with Gasteiger partial charge in [0.05, 0.1) is 19.7 Å². The van der Waals surface area contributed by atoms with E-state index in [4.69, 9.17) is 9.47 Å². The molecule has 1 aromatic rings. The van der Waals surface area contributed by atoms with E-state index >= 15 is 0 Å². The van der Waals surface area contributed by atoms with Crippen molar-refractivity contribution in [1.29, 1.82) is 0 Å².